The smallest absolute Gasteiger partial charge is 0.0310 e. The zero-order valence-corrected chi connectivity index (χ0v) is 10.5. The lowest BCUT2D eigenvalue weighted by Gasteiger charge is -2.23. The predicted octanol–water partition coefficient (Wildman–Crippen LogP) is 3.51. The lowest BCUT2D eigenvalue weighted by Crippen LogP contribution is -2.31. The highest BCUT2D eigenvalue weighted by molar-refractivity contribution is 5.20. The van der Waals surface area contributed by atoms with Gasteiger partial charge >= 0.3 is 0 Å². The number of hydrogen-bond acceptors (Lipinski definition) is 1. The molecule has 0 amide bonds. The summed E-state index contributed by atoms with van der Waals surface area (Å²) in [5, 5.41) is 3.62. The van der Waals surface area contributed by atoms with Crippen molar-refractivity contribution in [2.45, 2.75) is 57.4 Å². The molecule has 0 saturated heterocycles. The van der Waals surface area contributed by atoms with E-state index in [0.717, 1.165) is 23.8 Å². The average molecular weight is 219 g/mol. The molecule has 0 aliphatic heterocycles. The Bertz CT molecular complexity index is 269. The van der Waals surface area contributed by atoms with Crippen LogP contribution in [0.5, 0.6) is 0 Å². The standard InChI is InChI=1S/C15H25N/c1-16-15(11-7-3-2-4-8-11)14-12-9-5-6-10-13(12)14/h7,12-16H,2-6,8-10H2,1H3. The molecule has 1 nitrogen and oxygen atoms in total. The van der Waals surface area contributed by atoms with E-state index in [9.17, 15) is 0 Å². The van der Waals surface area contributed by atoms with Gasteiger partial charge in [-0.1, -0.05) is 24.5 Å². The fourth-order valence-electron chi connectivity index (χ4n) is 4.31. The van der Waals surface area contributed by atoms with Crippen LogP contribution in [0.2, 0.25) is 0 Å². The van der Waals surface area contributed by atoms with E-state index in [-0.39, 0.29) is 0 Å². The minimum atomic E-state index is 0.730. The maximum absolute atomic E-state index is 3.62. The van der Waals surface area contributed by atoms with Crippen molar-refractivity contribution in [1.29, 1.82) is 0 Å². The summed E-state index contributed by atoms with van der Waals surface area (Å²) in [5.41, 5.74) is 1.74. The predicted molar refractivity (Wildman–Crippen MR) is 68.3 cm³/mol. The Balaban J connectivity index is 1.69. The largest absolute Gasteiger partial charge is 0.313 e. The van der Waals surface area contributed by atoms with Crippen LogP contribution in [0.4, 0.5) is 0 Å². The van der Waals surface area contributed by atoms with E-state index in [1.807, 2.05) is 0 Å². The van der Waals surface area contributed by atoms with Crippen LogP contribution in [0.1, 0.15) is 51.4 Å². The number of hydrogen-bond donors (Lipinski definition) is 1. The molecule has 0 aromatic rings. The minimum Gasteiger partial charge on any atom is -0.313 e. The van der Waals surface area contributed by atoms with E-state index in [1.54, 1.807) is 5.57 Å². The summed E-state index contributed by atoms with van der Waals surface area (Å²) >= 11 is 0. The van der Waals surface area contributed by atoms with Gasteiger partial charge in [0.15, 0.2) is 0 Å². The highest BCUT2D eigenvalue weighted by Crippen LogP contribution is 2.58. The molecule has 0 radical (unpaired) electrons. The zero-order valence-electron chi connectivity index (χ0n) is 10.5. The lowest BCUT2D eigenvalue weighted by molar-refractivity contribution is 0.480. The molecule has 0 bridgehead atoms. The monoisotopic (exact) mass is 219 g/mol. The summed E-state index contributed by atoms with van der Waals surface area (Å²) in [6.45, 7) is 0. The molecule has 0 spiro atoms. The maximum atomic E-state index is 3.62. The van der Waals surface area contributed by atoms with E-state index in [4.69, 9.17) is 0 Å². The molecule has 2 fully saturated rings. The minimum absolute atomic E-state index is 0.730. The third-order valence-corrected chi connectivity index (χ3v) is 5.14. The van der Waals surface area contributed by atoms with E-state index in [2.05, 4.69) is 18.4 Å². The van der Waals surface area contributed by atoms with Gasteiger partial charge in [0.1, 0.15) is 0 Å². The number of allylic oxidation sites excluding steroid dienone is 1. The second-order valence-corrected chi connectivity index (χ2v) is 5.98. The molecular formula is C15H25N. The third kappa shape index (κ3) is 1.84. The molecule has 1 heteroatoms. The zero-order chi connectivity index (χ0) is 11.0. The van der Waals surface area contributed by atoms with Crippen LogP contribution >= 0.6 is 0 Å². The summed E-state index contributed by atoms with van der Waals surface area (Å²) in [6.07, 6.45) is 14.1. The van der Waals surface area contributed by atoms with E-state index >= 15 is 0 Å². The Hall–Kier alpha value is -0.300. The normalized spacial score (nSPS) is 39.8. The maximum Gasteiger partial charge on any atom is 0.0310 e. The van der Waals surface area contributed by atoms with Crippen molar-refractivity contribution in [3.8, 4) is 0 Å². The summed E-state index contributed by atoms with van der Waals surface area (Å²) in [4.78, 5) is 0. The van der Waals surface area contributed by atoms with Crippen molar-refractivity contribution in [3.05, 3.63) is 11.6 Å². The van der Waals surface area contributed by atoms with Crippen molar-refractivity contribution in [3.63, 3.8) is 0 Å². The van der Waals surface area contributed by atoms with Crippen LogP contribution in [0.3, 0.4) is 0 Å². The first-order valence-electron chi connectivity index (χ1n) is 7.28. The molecule has 2 saturated carbocycles. The molecule has 90 valence electrons. The second-order valence-electron chi connectivity index (χ2n) is 5.98. The number of rotatable bonds is 3. The van der Waals surface area contributed by atoms with Gasteiger partial charge in [0.05, 0.1) is 0 Å². The first-order chi connectivity index (χ1) is 7.92. The Morgan fingerprint density at radius 1 is 1.12 bits per heavy atom. The molecule has 0 aromatic heterocycles. The average Bonchev–Trinajstić information content (AvgIpc) is 3.07. The molecule has 3 unspecified atom stereocenters. The molecule has 0 aromatic carbocycles. The van der Waals surface area contributed by atoms with Gasteiger partial charge in [-0.25, -0.2) is 0 Å². The van der Waals surface area contributed by atoms with Gasteiger partial charge in [-0.05, 0) is 63.3 Å². The summed E-state index contributed by atoms with van der Waals surface area (Å²) in [6, 6.07) is 0.730. The van der Waals surface area contributed by atoms with E-state index in [1.165, 1.54) is 51.4 Å². The van der Waals surface area contributed by atoms with Crippen LogP contribution in [0, 0.1) is 17.8 Å². The fourth-order valence-corrected chi connectivity index (χ4v) is 4.31. The Morgan fingerprint density at radius 2 is 1.88 bits per heavy atom. The van der Waals surface area contributed by atoms with Crippen LogP contribution in [0.15, 0.2) is 11.6 Å². The van der Waals surface area contributed by atoms with Crippen LogP contribution in [-0.2, 0) is 0 Å². The van der Waals surface area contributed by atoms with Gasteiger partial charge in [-0.15, -0.1) is 0 Å². The van der Waals surface area contributed by atoms with Gasteiger partial charge in [0, 0.05) is 6.04 Å². The van der Waals surface area contributed by atoms with Gasteiger partial charge < -0.3 is 5.32 Å². The van der Waals surface area contributed by atoms with Crippen LogP contribution in [-0.4, -0.2) is 13.1 Å². The van der Waals surface area contributed by atoms with E-state index in [0.29, 0.717) is 0 Å². The Labute approximate surface area is 99.7 Å². The topological polar surface area (TPSA) is 12.0 Å². The molecule has 3 aliphatic rings. The number of likely N-dealkylation sites (N-methyl/N-ethyl adjacent to an activating group) is 1. The van der Waals surface area contributed by atoms with Crippen molar-refractivity contribution in [1.82, 2.24) is 5.32 Å². The summed E-state index contributed by atoms with van der Waals surface area (Å²) in [5.74, 6) is 3.15. The van der Waals surface area contributed by atoms with Crippen molar-refractivity contribution in [2.75, 3.05) is 7.05 Å². The first kappa shape index (κ1) is 10.8. The molecular weight excluding hydrogens is 194 g/mol. The van der Waals surface area contributed by atoms with Crippen LogP contribution in [0.25, 0.3) is 0 Å². The molecule has 1 N–H and O–H groups in total. The van der Waals surface area contributed by atoms with E-state index < -0.39 is 0 Å². The van der Waals surface area contributed by atoms with Gasteiger partial charge in [-0.2, -0.15) is 0 Å². The number of nitrogens with one attached hydrogen (secondary N) is 1. The second kappa shape index (κ2) is 4.52. The van der Waals surface area contributed by atoms with Crippen molar-refractivity contribution < 1.29 is 0 Å². The molecule has 3 rings (SSSR count). The van der Waals surface area contributed by atoms with Crippen molar-refractivity contribution >= 4 is 0 Å². The van der Waals surface area contributed by atoms with Gasteiger partial charge in [0.2, 0.25) is 0 Å². The lowest BCUT2D eigenvalue weighted by atomic mass is 9.90. The van der Waals surface area contributed by atoms with Crippen molar-refractivity contribution in [2.24, 2.45) is 17.8 Å². The van der Waals surface area contributed by atoms with Crippen LogP contribution < -0.4 is 5.32 Å². The molecule has 3 aliphatic carbocycles. The first-order valence-corrected chi connectivity index (χ1v) is 7.28. The Morgan fingerprint density at radius 3 is 2.44 bits per heavy atom. The fraction of sp³-hybridized carbons (Fsp3) is 0.867. The third-order valence-electron chi connectivity index (χ3n) is 5.14. The number of fused-ring (bicyclic) bond motifs is 1. The quantitative estimate of drug-likeness (QED) is 0.716. The Kier molecular flexibility index (Phi) is 3.06. The molecule has 3 atom stereocenters. The summed E-state index contributed by atoms with van der Waals surface area (Å²) in [7, 11) is 2.17. The highest BCUT2D eigenvalue weighted by atomic mass is 14.9. The van der Waals surface area contributed by atoms with Gasteiger partial charge in [-0.3, -0.25) is 0 Å². The van der Waals surface area contributed by atoms with Gasteiger partial charge in [0.25, 0.3) is 0 Å². The SMILES string of the molecule is CNC(C1=CCCCC1)C1C2CCCCC21. The highest BCUT2D eigenvalue weighted by Gasteiger charge is 2.54. The summed E-state index contributed by atoms with van der Waals surface area (Å²) < 4.78 is 0. The molecule has 0 heterocycles. The molecule has 16 heavy (non-hydrogen) atoms.